The number of esters is 1. The number of ether oxygens (including phenoxy) is 4. The van der Waals surface area contributed by atoms with E-state index in [-0.39, 0.29) is 25.1 Å². The van der Waals surface area contributed by atoms with Gasteiger partial charge in [0, 0.05) is 28.5 Å². The fourth-order valence-electron chi connectivity index (χ4n) is 4.02. The van der Waals surface area contributed by atoms with E-state index < -0.39 is 0 Å². The molecular weight excluding hydrogens is 358 g/mol. The van der Waals surface area contributed by atoms with Gasteiger partial charge in [-0.05, 0) is 37.6 Å². The number of aromatic nitrogens is 1. The molecule has 0 radical (unpaired) electrons. The van der Waals surface area contributed by atoms with Gasteiger partial charge in [-0.15, -0.1) is 0 Å². The van der Waals surface area contributed by atoms with Crippen molar-refractivity contribution in [1.82, 2.24) is 4.98 Å². The van der Waals surface area contributed by atoms with Crippen LogP contribution in [0.25, 0.3) is 10.9 Å². The fraction of sp³-hybridized carbons (Fsp3) is 0.273. The lowest BCUT2D eigenvalue weighted by Gasteiger charge is -2.27. The predicted molar refractivity (Wildman–Crippen MR) is 102 cm³/mol. The van der Waals surface area contributed by atoms with Crippen molar-refractivity contribution in [3.05, 3.63) is 52.6 Å². The molecule has 6 nitrogen and oxygen atoms in total. The summed E-state index contributed by atoms with van der Waals surface area (Å²) in [5.74, 6) is 1.90. The fourth-order valence-corrected chi connectivity index (χ4v) is 4.02. The highest BCUT2D eigenvalue weighted by Crippen LogP contribution is 2.50. The molecule has 0 saturated carbocycles. The number of rotatable bonds is 2. The van der Waals surface area contributed by atoms with Gasteiger partial charge < -0.3 is 18.9 Å². The van der Waals surface area contributed by atoms with Crippen LogP contribution in [0.4, 0.5) is 0 Å². The normalized spacial score (nSPS) is 16.3. The number of methoxy groups -OCH3 is 1. The minimum Gasteiger partial charge on any atom is -0.469 e. The van der Waals surface area contributed by atoms with Crippen molar-refractivity contribution in [3.8, 4) is 23.1 Å². The number of benzene rings is 2. The van der Waals surface area contributed by atoms with E-state index in [1.165, 1.54) is 7.11 Å². The maximum Gasteiger partial charge on any atom is 0.306 e. The Morgan fingerprint density at radius 1 is 1.07 bits per heavy atom. The minimum atomic E-state index is -0.290. The molecule has 0 amide bonds. The maximum atomic E-state index is 12.2. The molecule has 3 heterocycles. The zero-order valence-electron chi connectivity index (χ0n) is 15.9. The zero-order chi connectivity index (χ0) is 19.4. The van der Waals surface area contributed by atoms with E-state index in [2.05, 4.69) is 25.1 Å². The minimum absolute atomic E-state index is 0.174. The second-order valence-electron chi connectivity index (χ2n) is 7.21. The molecule has 0 N–H and O–H groups in total. The summed E-state index contributed by atoms with van der Waals surface area (Å²) in [6.07, 6.45) is 0.192. The van der Waals surface area contributed by atoms with E-state index in [1.54, 1.807) is 6.07 Å². The summed E-state index contributed by atoms with van der Waals surface area (Å²) < 4.78 is 22.1. The molecular formula is C22H19NO5. The molecule has 0 unspecified atom stereocenters. The molecule has 142 valence electrons. The van der Waals surface area contributed by atoms with Crippen molar-refractivity contribution in [2.24, 2.45) is 0 Å². The Morgan fingerprint density at radius 2 is 1.86 bits per heavy atom. The van der Waals surface area contributed by atoms with Crippen LogP contribution in [0.15, 0.2) is 30.3 Å². The van der Waals surface area contributed by atoms with Gasteiger partial charge in [0.15, 0.2) is 11.5 Å². The summed E-state index contributed by atoms with van der Waals surface area (Å²) in [6, 6.07) is 9.96. The predicted octanol–water partition coefficient (Wildman–Crippen LogP) is 4.38. The van der Waals surface area contributed by atoms with Crippen LogP contribution in [0.1, 0.15) is 34.6 Å². The van der Waals surface area contributed by atoms with Crippen molar-refractivity contribution in [1.29, 1.82) is 0 Å². The Labute approximate surface area is 162 Å². The van der Waals surface area contributed by atoms with Crippen LogP contribution in [-0.4, -0.2) is 24.9 Å². The number of pyridine rings is 1. The number of aryl methyl sites for hydroxylation is 2. The summed E-state index contributed by atoms with van der Waals surface area (Å²) in [4.78, 5) is 17.0. The van der Waals surface area contributed by atoms with Gasteiger partial charge in [0.1, 0.15) is 5.75 Å². The molecule has 0 spiro atoms. The Bertz CT molecular complexity index is 1140. The summed E-state index contributed by atoms with van der Waals surface area (Å²) in [7, 11) is 1.40. The summed E-state index contributed by atoms with van der Waals surface area (Å²) in [6.45, 7) is 4.27. The van der Waals surface area contributed by atoms with Gasteiger partial charge in [-0.25, -0.2) is 4.98 Å². The van der Waals surface area contributed by atoms with Gasteiger partial charge in [-0.2, -0.15) is 0 Å². The average Bonchev–Trinajstić information content (AvgIpc) is 3.12. The third-order valence-electron chi connectivity index (χ3n) is 5.31. The first-order chi connectivity index (χ1) is 13.5. The van der Waals surface area contributed by atoms with Crippen LogP contribution in [0.2, 0.25) is 0 Å². The lowest BCUT2D eigenvalue weighted by molar-refractivity contribution is -0.140. The van der Waals surface area contributed by atoms with Crippen molar-refractivity contribution >= 4 is 16.9 Å². The van der Waals surface area contributed by atoms with E-state index in [9.17, 15) is 4.79 Å². The van der Waals surface area contributed by atoms with Gasteiger partial charge in [0.2, 0.25) is 12.7 Å². The van der Waals surface area contributed by atoms with E-state index in [4.69, 9.17) is 23.9 Å². The SMILES string of the molecule is COC(=O)C[C@@H]1c2cc3c(cc2Oc2nc4c(C)cc(C)cc4cc21)OCO3. The van der Waals surface area contributed by atoms with Crippen molar-refractivity contribution in [3.63, 3.8) is 0 Å². The highest BCUT2D eigenvalue weighted by molar-refractivity contribution is 5.85. The molecule has 0 bridgehead atoms. The largest absolute Gasteiger partial charge is 0.469 e. The van der Waals surface area contributed by atoms with E-state index >= 15 is 0 Å². The summed E-state index contributed by atoms with van der Waals surface area (Å²) in [5.41, 5.74) is 4.88. The highest BCUT2D eigenvalue weighted by Gasteiger charge is 2.33. The molecule has 1 aromatic heterocycles. The van der Waals surface area contributed by atoms with Gasteiger partial charge in [-0.3, -0.25) is 4.79 Å². The van der Waals surface area contributed by atoms with Crippen LogP contribution in [0.3, 0.4) is 0 Å². The third-order valence-corrected chi connectivity index (χ3v) is 5.31. The monoisotopic (exact) mass is 377 g/mol. The van der Waals surface area contributed by atoms with Crippen LogP contribution in [0.5, 0.6) is 23.1 Å². The second kappa shape index (κ2) is 6.12. The number of nitrogens with zero attached hydrogens (tertiary/aromatic N) is 1. The number of hydrogen-bond acceptors (Lipinski definition) is 6. The lowest BCUT2D eigenvalue weighted by Crippen LogP contribution is -2.16. The molecule has 5 rings (SSSR count). The molecule has 6 heteroatoms. The first kappa shape index (κ1) is 16.9. The maximum absolute atomic E-state index is 12.2. The molecule has 0 saturated heterocycles. The van der Waals surface area contributed by atoms with Crippen LogP contribution in [0, 0.1) is 13.8 Å². The van der Waals surface area contributed by atoms with Gasteiger partial charge in [0.05, 0.1) is 19.0 Å². The molecule has 0 aliphatic carbocycles. The van der Waals surface area contributed by atoms with Crippen LogP contribution in [-0.2, 0) is 9.53 Å². The molecule has 1 atom stereocenters. The topological polar surface area (TPSA) is 66.9 Å². The summed E-state index contributed by atoms with van der Waals surface area (Å²) in [5, 5.41) is 1.03. The number of fused-ring (bicyclic) bond motifs is 4. The summed E-state index contributed by atoms with van der Waals surface area (Å²) >= 11 is 0. The van der Waals surface area contributed by atoms with E-state index in [0.29, 0.717) is 23.1 Å². The molecule has 28 heavy (non-hydrogen) atoms. The van der Waals surface area contributed by atoms with Gasteiger partial charge >= 0.3 is 5.97 Å². The standard InChI is InChI=1S/C22H19NO5/c1-11-4-12(2)21-13(5-11)6-16-14(8-20(24)25-3)15-7-18-19(27-10-26-18)9-17(15)28-22(16)23-21/h4-7,9,14H,8,10H2,1-3H3/t14-/m1/s1. The lowest BCUT2D eigenvalue weighted by atomic mass is 9.85. The van der Waals surface area contributed by atoms with Gasteiger partial charge in [-0.1, -0.05) is 11.6 Å². The van der Waals surface area contributed by atoms with Crippen LogP contribution < -0.4 is 14.2 Å². The Morgan fingerprint density at radius 3 is 2.64 bits per heavy atom. The first-order valence-corrected chi connectivity index (χ1v) is 9.13. The molecule has 0 fully saturated rings. The third kappa shape index (κ3) is 2.56. The number of carbonyl (C=O) groups excluding carboxylic acids is 1. The van der Waals surface area contributed by atoms with Crippen molar-refractivity contribution in [2.75, 3.05) is 13.9 Å². The first-order valence-electron chi connectivity index (χ1n) is 9.13. The Kier molecular flexibility index (Phi) is 3.69. The highest BCUT2D eigenvalue weighted by atomic mass is 16.7. The number of carbonyl (C=O) groups is 1. The second-order valence-corrected chi connectivity index (χ2v) is 7.21. The smallest absolute Gasteiger partial charge is 0.306 e. The van der Waals surface area contributed by atoms with Crippen molar-refractivity contribution < 1.29 is 23.7 Å². The Hall–Kier alpha value is -3.28. The van der Waals surface area contributed by atoms with Crippen molar-refractivity contribution in [2.45, 2.75) is 26.2 Å². The molecule has 2 aliphatic heterocycles. The van der Waals surface area contributed by atoms with E-state index in [1.807, 2.05) is 13.0 Å². The average molecular weight is 377 g/mol. The quantitative estimate of drug-likeness (QED) is 0.618. The van der Waals surface area contributed by atoms with E-state index in [0.717, 1.165) is 33.2 Å². The molecule has 3 aromatic rings. The zero-order valence-corrected chi connectivity index (χ0v) is 15.9. The van der Waals surface area contributed by atoms with Gasteiger partial charge in [0.25, 0.3) is 0 Å². The molecule has 2 aromatic carbocycles. The number of hydrogen-bond donors (Lipinski definition) is 0. The Balaban J connectivity index is 1.73. The molecule has 2 aliphatic rings. The van der Waals surface area contributed by atoms with Crippen LogP contribution >= 0.6 is 0 Å².